The van der Waals surface area contributed by atoms with Gasteiger partial charge in [0.05, 0.1) is 66.1 Å². The summed E-state index contributed by atoms with van der Waals surface area (Å²) in [6.07, 6.45) is -0.420. The van der Waals surface area contributed by atoms with Crippen molar-refractivity contribution in [1.82, 2.24) is 10.2 Å². The van der Waals surface area contributed by atoms with Gasteiger partial charge in [-0.3, -0.25) is 4.90 Å². The average molecular weight is 441 g/mol. The fourth-order valence-electron chi connectivity index (χ4n) is 2.79. The number of benzene rings is 1. The van der Waals surface area contributed by atoms with E-state index in [9.17, 15) is 4.79 Å². The van der Waals surface area contributed by atoms with E-state index in [0.717, 1.165) is 18.7 Å². The fraction of sp³-hybridized carbons (Fsp3) is 0.682. The molecule has 0 spiro atoms. The molecule has 0 bridgehead atoms. The predicted octanol–water partition coefficient (Wildman–Crippen LogP) is 1.31. The molecule has 1 aliphatic rings. The Morgan fingerprint density at radius 1 is 0.774 bits per heavy atom. The van der Waals surface area contributed by atoms with Gasteiger partial charge in [-0.05, 0) is 5.56 Å². The zero-order valence-electron chi connectivity index (χ0n) is 18.3. The summed E-state index contributed by atoms with van der Waals surface area (Å²) < 4.78 is 32.9. The van der Waals surface area contributed by atoms with Crippen LogP contribution < -0.4 is 5.32 Å². The van der Waals surface area contributed by atoms with Crippen LogP contribution in [0, 0.1) is 0 Å². The van der Waals surface area contributed by atoms with Crippen LogP contribution in [0.15, 0.2) is 30.3 Å². The first-order valence-electron chi connectivity index (χ1n) is 10.9. The van der Waals surface area contributed by atoms with Gasteiger partial charge in [0.15, 0.2) is 0 Å². The normalized spacial score (nSPS) is 19.1. The molecule has 9 heteroatoms. The zero-order chi connectivity index (χ0) is 21.8. The summed E-state index contributed by atoms with van der Waals surface area (Å²) in [5.74, 6) is 0. The maximum absolute atomic E-state index is 11.9. The minimum Gasteiger partial charge on any atom is -0.445 e. The molecule has 2 rings (SSSR count). The van der Waals surface area contributed by atoms with E-state index in [2.05, 4.69) is 10.2 Å². The Hall–Kier alpha value is -1.75. The maximum Gasteiger partial charge on any atom is 0.407 e. The van der Waals surface area contributed by atoms with Gasteiger partial charge in [-0.2, -0.15) is 0 Å². The lowest BCUT2D eigenvalue weighted by Crippen LogP contribution is -2.38. The Morgan fingerprint density at radius 3 is 1.77 bits per heavy atom. The van der Waals surface area contributed by atoms with Gasteiger partial charge in [0.2, 0.25) is 0 Å². The molecule has 0 saturated carbocycles. The van der Waals surface area contributed by atoms with Crippen molar-refractivity contribution in [3.63, 3.8) is 0 Å². The maximum atomic E-state index is 11.9. The Bertz CT molecular complexity index is 544. The van der Waals surface area contributed by atoms with Crippen LogP contribution in [0.4, 0.5) is 4.79 Å². The van der Waals surface area contributed by atoms with Crippen LogP contribution in [-0.2, 0) is 35.0 Å². The summed E-state index contributed by atoms with van der Waals surface area (Å²) in [6.45, 7) is 8.42. The zero-order valence-corrected chi connectivity index (χ0v) is 18.3. The third-order valence-corrected chi connectivity index (χ3v) is 4.50. The van der Waals surface area contributed by atoms with Crippen molar-refractivity contribution in [1.29, 1.82) is 0 Å². The molecule has 1 saturated heterocycles. The molecule has 1 heterocycles. The van der Waals surface area contributed by atoms with E-state index in [1.807, 2.05) is 30.3 Å². The average Bonchev–Trinajstić information content (AvgIpc) is 2.79. The van der Waals surface area contributed by atoms with Crippen molar-refractivity contribution in [3.8, 4) is 0 Å². The Labute approximate surface area is 184 Å². The Kier molecular flexibility index (Phi) is 14.7. The lowest BCUT2D eigenvalue weighted by molar-refractivity contribution is -0.0184. The SMILES string of the molecule is O=C(NCCN1CCOCCOCCOCCOCCOCC1)OCc1ccccc1. The molecule has 176 valence electrons. The lowest BCUT2D eigenvalue weighted by Gasteiger charge is -2.22. The Balaban J connectivity index is 1.63. The van der Waals surface area contributed by atoms with Gasteiger partial charge in [0.1, 0.15) is 6.61 Å². The molecule has 0 unspecified atom stereocenters. The number of ether oxygens (including phenoxy) is 6. The molecule has 1 aromatic rings. The van der Waals surface area contributed by atoms with Gasteiger partial charge in [0.25, 0.3) is 0 Å². The van der Waals surface area contributed by atoms with E-state index in [-0.39, 0.29) is 6.61 Å². The molecule has 31 heavy (non-hydrogen) atoms. The summed E-state index contributed by atoms with van der Waals surface area (Å²) in [5.41, 5.74) is 0.958. The highest BCUT2D eigenvalue weighted by Gasteiger charge is 2.08. The molecule has 1 N–H and O–H groups in total. The van der Waals surface area contributed by atoms with Gasteiger partial charge in [0, 0.05) is 26.2 Å². The van der Waals surface area contributed by atoms with Gasteiger partial charge >= 0.3 is 6.09 Å². The summed E-state index contributed by atoms with van der Waals surface area (Å²) in [7, 11) is 0. The fourth-order valence-corrected chi connectivity index (χ4v) is 2.79. The minimum atomic E-state index is -0.420. The highest BCUT2D eigenvalue weighted by molar-refractivity contribution is 5.67. The summed E-state index contributed by atoms with van der Waals surface area (Å²) in [5, 5.41) is 2.80. The van der Waals surface area contributed by atoms with Gasteiger partial charge in [-0.25, -0.2) is 4.79 Å². The third kappa shape index (κ3) is 14.0. The number of rotatable bonds is 5. The van der Waals surface area contributed by atoms with E-state index < -0.39 is 6.09 Å². The van der Waals surface area contributed by atoms with Gasteiger partial charge < -0.3 is 33.7 Å². The van der Waals surface area contributed by atoms with E-state index in [0.29, 0.717) is 79.2 Å². The second-order valence-corrected chi connectivity index (χ2v) is 6.89. The number of hydrogen-bond donors (Lipinski definition) is 1. The largest absolute Gasteiger partial charge is 0.445 e. The van der Waals surface area contributed by atoms with Crippen LogP contribution in [0.3, 0.4) is 0 Å². The highest BCUT2D eigenvalue weighted by Crippen LogP contribution is 2.00. The second kappa shape index (κ2) is 17.9. The molecule has 0 aromatic heterocycles. The minimum absolute atomic E-state index is 0.258. The van der Waals surface area contributed by atoms with Crippen molar-refractivity contribution in [2.24, 2.45) is 0 Å². The first kappa shape index (κ1) is 25.5. The molecule has 1 aromatic carbocycles. The van der Waals surface area contributed by atoms with Crippen LogP contribution in [0.1, 0.15) is 5.56 Å². The molecule has 0 aliphatic carbocycles. The standard InChI is InChI=1S/C22H36N2O7/c25-22(31-20-21-4-2-1-3-5-21)23-6-7-24-8-10-26-12-14-28-16-18-30-19-17-29-15-13-27-11-9-24/h1-5H,6-20H2,(H,23,25). The van der Waals surface area contributed by atoms with Crippen LogP contribution >= 0.6 is 0 Å². The monoisotopic (exact) mass is 440 g/mol. The number of hydrogen-bond acceptors (Lipinski definition) is 8. The molecular weight excluding hydrogens is 404 g/mol. The summed E-state index contributed by atoms with van der Waals surface area (Å²) in [6, 6.07) is 9.61. The molecule has 0 atom stereocenters. The van der Waals surface area contributed by atoms with Crippen LogP contribution in [-0.4, -0.2) is 103 Å². The number of nitrogens with one attached hydrogen (secondary N) is 1. The number of carbonyl (C=O) groups excluding carboxylic acids is 1. The summed E-state index contributed by atoms with van der Waals surface area (Å²) in [4.78, 5) is 14.1. The first-order chi connectivity index (χ1) is 15.3. The molecule has 9 nitrogen and oxygen atoms in total. The molecule has 1 amide bonds. The molecular formula is C22H36N2O7. The highest BCUT2D eigenvalue weighted by atomic mass is 16.6. The van der Waals surface area contributed by atoms with Gasteiger partial charge in [-0.15, -0.1) is 0 Å². The van der Waals surface area contributed by atoms with Crippen molar-refractivity contribution >= 4 is 6.09 Å². The van der Waals surface area contributed by atoms with Crippen molar-refractivity contribution in [2.75, 3.05) is 92.2 Å². The molecule has 0 radical (unpaired) electrons. The predicted molar refractivity (Wildman–Crippen MR) is 115 cm³/mol. The number of alkyl carbamates (subject to hydrolysis) is 1. The Morgan fingerprint density at radius 2 is 1.26 bits per heavy atom. The van der Waals surface area contributed by atoms with E-state index in [1.165, 1.54) is 0 Å². The molecule has 1 aliphatic heterocycles. The number of carbonyl (C=O) groups is 1. The van der Waals surface area contributed by atoms with Crippen molar-refractivity contribution in [2.45, 2.75) is 6.61 Å². The van der Waals surface area contributed by atoms with E-state index >= 15 is 0 Å². The van der Waals surface area contributed by atoms with E-state index in [4.69, 9.17) is 28.4 Å². The van der Waals surface area contributed by atoms with Crippen LogP contribution in [0.25, 0.3) is 0 Å². The quantitative estimate of drug-likeness (QED) is 0.734. The van der Waals surface area contributed by atoms with Crippen LogP contribution in [0.5, 0.6) is 0 Å². The van der Waals surface area contributed by atoms with Crippen molar-refractivity contribution < 1.29 is 33.2 Å². The first-order valence-corrected chi connectivity index (χ1v) is 10.9. The number of amides is 1. The van der Waals surface area contributed by atoms with E-state index in [1.54, 1.807) is 0 Å². The lowest BCUT2D eigenvalue weighted by atomic mass is 10.2. The summed E-state index contributed by atoms with van der Waals surface area (Å²) >= 11 is 0. The van der Waals surface area contributed by atoms with Crippen molar-refractivity contribution in [3.05, 3.63) is 35.9 Å². The number of nitrogens with zero attached hydrogens (tertiary/aromatic N) is 1. The van der Waals surface area contributed by atoms with Crippen LogP contribution in [0.2, 0.25) is 0 Å². The van der Waals surface area contributed by atoms with Gasteiger partial charge in [-0.1, -0.05) is 30.3 Å². The third-order valence-electron chi connectivity index (χ3n) is 4.50. The topological polar surface area (TPSA) is 87.7 Å². The smallest absolute Gasteiger partial charge is 0.407 e. The second-order valence-electron chi connectivity index (χ2n) is 6.89. The molecule has 1 fully saturated rings.